The third-order valence-corrected chi connectivity index (χ3v) is 8.47. The Labute approximate surface area is 199 Å². The van der Waals surface area contributed by atoms with Gasteiger partial charge in [0.05, 0.1) is 5.69 Å². The molecule has 9 heteroatoms. The van der Waals surface area contributed by atoms with E-state index in [1.54, 1.807) is 0 Å². The number of aryl methyl sites for hydroxylation is 1. The summed E-state index contributed by atoms with van der Waals surface area (Å²) in [4.78, 5) is 35.7. The van der Waals surface area contributed by atoms with E-state index in [2.05, 4.69) is 27.1 Å². The van der Waals surface area contributed by atoms with Crippen LogP contribution in [-0.4, -0.2) is 64.7 Å². The molecule has 1 amide bonds. The van der Waals surface area contributed by atoms with Gasteiger partial charge in [-0.15, -0.1) is 5.10 Å². The normalized spacial score (nSPS) is 22.5. The van der Waals surface area contributed by atoms with Gasteiger partial charge in [0.25, 0.3) is 5.56 Å². The van der Waals surface area contributed by atoms with Crippen molar-refractivity contribution in [2.24, 2.45) is 11.8 Å². The fraction of sp³-hybridized carbons (Fsp3) is 0.750. The van der Waals surface area contributed by atoms with Crippen LogP contribution >= 0.6 is 11.3 Å². The standard InChI is InChI=1S/C24H36N6O2S/c1-17-6-4-12-28(16-17)13-5-11-25-21(31)18-9-14-29(15-10-18)24-27-30-22(32)19-7-2-3-8-20(19)26-23(30)33-24/h17-18H,2-16H2,1H3,(H,25,31). The number of likely N-dealkylation sites (tertiary alicyclic amines) is 1. The van der Waals surface area contributed by atoms with Crippen molar-refractivity contribution in [3.05, 3.63) is 21.6 Å². The smallest absolute Gasteiger partial charge is 0.278 e. The molecule has 1 unspecified atom stereocenters. The lowest BCUT2D eigenvalue weighted by Gasteiger charge is -2.31. The van der Waals surface area contributed by atoms with Crippen molar-refractivity contribution in [3.63, 3.8) is 0 Å². The fourth-order valence-corrected chi connectivity index (χ4v) is 6.54. The molecular weight excluding hydrogens is 436 g/mol. The lowest BCUT2D eigenvalue weighted by atomic mass is 9.96. The van der Waals surface area contributed by atoms with Gasteiger partial charge < -0.3 is 15.1 Å². The summed E-state index contributed by atoms with van der Waals surface area (Å²) in [6.07, 6.45) is 9.18. The molecule has 8 nitrogen and oxygen atoms in total. The summed E-state index contributed by atoms with van der Waals surface area (Å²) in [5, 5.41) is 8.61. The number of aromatic nitrogens is 3. The van der Waals surface area contributed by atoms with Gasteiger partial charge in [0.2, 0.25) is 16.0 Å². The maximum Gasteiger partial charge on any atom is 0.278 e. The van der Waals surface area contributed by atoms with Gasteiger partial charge in [-0.3, -0.25) is 9.59 Å². The Kier molecular flexibility index (Phi) is 6.97. The second kappa shape index (κ2) is 10.1. The van der Waals surface area contributed by atoms with Gasteiger partial charge >= 0.3 is 0 Å². The number of anilines is 1. The lowest BCUT2D eigenvalue weighted by molar-refractivity contribution is -0.125. The Morgan fingerprint density at radius 3 is 2.76 bits per heavy atom. The van der Waals surface area contributed by atoms with Crippen LogP contribution < -0.4 is 15.8 Å². The molecule has 3 aliphatic rings. The molecule has 1 N–H and O–H groups in total. The summed E-state index contributed by atoms with van der Waals surface area (Å²) in [5.41, 5.74) is 1.82. The van der Waals surface area contributed by atoms with E-state index >= 15 is 0 Å². The minimum absolute atomic E-state index is 0.00507. The maximum atomic E-state index is 12.8. The summed E-state index contributed by atoms with van der Waals surface area (Å²) in [6, 6.07) is 0. The first-order chi connectivity index (χ1) is 16.1. The summed E-state index contributed by atoms with van der Waals surface area (Å²) in [6.45, 7) is 8.15. The molecule has 0 aromatic carbocycles. The van der Waals surface area contributed by atoms with Gasteiger partial charge in [0.1, 0.15) is 0 Å². The molecule has 5 rings (SSSR count). The van der Waals surface area contributed by atoms with E-state index in [9.17, 15) is 9.59 Å². The number of fused-ring (bicyclic) bond motifs is 2. The average Bonchev–Trinajstić information content (AvgIpc) is 3.26. The Morgan fingerprint density at radius 2 is 1.94 bits per heavy atom. The molecule has 0 saturated carbocycles. The molecule has 2 fully saturated rings. The van der Waals surface area contributed by atoms with Gasteiger partial charge in [0, 0.05) is 37.7 Å². The van der Waals surface area contributed by atoms with Gasteiger partial charge in [-0.2, -0.15) is 4.52 Å². The van der Waals surface area contributed by atoms with Crippen molar-refractivity contribution in [1.29, 1.82) is 0 Å². The van der Waals surface area contributed by atoms with E-state index in [0.717, 1.165) is 93.4 Å². The number of hydrogen-bond donors (Lipinski definition) is 1. The van der Waals surface area contributed by atoms with Crippen LogP contribution in [0.4, 0.5) is 5.13 Å². The summed E-state index contributed by atoms with van der Waals surface area (Å²) in [7, 11) is 0. The van der Waals surface area contributed by atoms with E-state index < -0.39 is 0 Å². The number of carbonyl (C=O) groups is 1. The van der Waals surface area contributed by atoms with Crippen molar-refractivity contribution < 1.29 is 4.79 Å². The molecule has 0 bridgehead atoms. The molecule has 2 aromatic rings. The monoisotopic (exact) mass is 472 g/mol. The molecule has 33 heavy (non-hydrogen) atoms. The van der Waals surface area contributed by atoms with Gasteiger partial charge in [0.15, 0.2) is 0 Å². The molecule has 2 aliphatic heterocycles. The van der Waals surface area contributed by atoms with E-state index in [1.807, 2.05) is 0 Å². The lowest BCUT2D eigenvalue weighted by Crippen LogP contribution is -2.41. The van der Waals surface area contributed by atoms with Crippen molar-refractivity contribution >= 4 is 27.3 Å². The topological polar surface area (TPSA) is 82.8 Å². The molecule has 0 radical (unpaired) electrons. The number of rotatable bonds is 6. The zero-order valence-corrected chi connectivity index (χ0v) is 20.5. The number of amides is 1. The minimum atomic E-state index is 0.00507. The summed E-state index contributed by atoms with van der Waals surface area (Å²) < 4.78 is 1.49. The first-order valence-electron chi connectivity index (χ1n) is 12.7. The quantitative estimate of drug-likeness (QED) is 0.651. The Bertz CT molecular complexity index is 1040. The van der Waals surface area contributed by atoms with Crippen LogP contribution in [-0.2, 0) is 17.6 Å². The van der Waals surface area contributed by atoms with Crippen molar-refractivity contribution in [3.8, 4) is 0 Å². The highest BCUT2D eigenvalue weighted by Crippen LogP contribution is 2.28. The fourth-order valence-electron chi connectivity index (χ4n) is 5.57. The van der Waals surface area contributed by atoms with Crippen LogP contribution in [0.2, 0.25) is 0 Å². The molecule has 0 spiro atoms. The largest absolute Gasteiger partial charge is 0.356 e. The molecule has 1 atom stereocenters. The number of piperidine rings is 2. The third kappa shape index (κ3) is 5.09. The predicted octanol–water partition coefficient (Wildman–Crippen LogP) is 2.48. The zero-order valence-electron chi connectivity index (χ0n) is 19.7. The van der Waals surface area contributed by atoms with E-state index in [-0.39, 0.29) is 17.4 Å². The van der Waals surface area contributed by atoms with Crippen LogP contribution in [0, 0.1) is 11.8 Å². The Balaban J connectivity index is 1.11. The minimum Gasteiger partial charge on any atom is -0.356 e. The molecular formula is C24H36N6O2S. The first-order valence-corrected chi connectivity index (χ1v) is 13.6. The molecule has 2 saturated heterocycles. The van der Waals surface area contributed by atoms with Crippen LogP contribution in [0.15, 0.2) is 4.79 Å². The van der Waals surface area contributed by atoms with Gasteiger partial charge in [-0.25, -0.2) is 4.98 Å². The summed E-state index contributed by atoms with van der Waals surface area (Å²) >= 11 is 1.49. The zero-order chi connectivity index (χ0) is 22.8. The summed E-state index contributed by atoms with van der Waals surface area (Å²) in [5.74, 6) is 1.06. The third-order valence-electron chi connectivity index (χ3n) is 7.50. The molecule has 1 aliphatic carbocycles. The predicted molar refractivity (Wildman–Crippen MR) is 131 cm³/mol. The van der Waals surface area contributed by atoms with E-state index in [1.165, 1.54) is 41.8 Å². The van der Waals surface area contributed by atoms with Crippen molar-refractivity contribution in [1.82, 2.24) is 24.8 Å². The van der Waals surface area contributed by atoms with Gasteiger partial charge in [-0.05, 0) is 76.8 Å². The molecule has 2 aromatic heterocycles. The van der Waals surface area contributed by atoms with Crippen molar-refractivity contribution in [2.45, 2.75) is 64.7 Å². The molecule has 4 heterocycles. The highest BCUT2D eigenvalue weighted by atomic mass is 32.1. The average molecular weight is 473 g/mol. The number of carbonyl (C=O) groups excluding carboxylic acids is 1. The maximum absolute atomic E-state index is 12.8. The van der Waals surface area contributed by atoms with Crippen molar-refractivity contribution in [2.75, 3.05) is 44.2 Å². The number of nitrogens with zero attached hydrogens (tertiary/aromatic N) is 5. The van der Waals surface area contributed by atoms with E-state index in [4.69, 9.17) is 4.98 Å². The van der Waals surface area contributed by atoms with Crippen LogP contribution in [0.25, 0.3) is 4.96 Å². The highest BCUT2D eigenvalue weighted by molar-refractivity contribution is 7.20. The molecule has 180 valence electrons. The number of nitrogens with one attached hydrogen (secondary N) is 1. The van der Waals surface area contributed by atoms with Crippen LogP contribution in [0.3, 0.4) is 0 Å². The second-order valence-electron chi connectivity index (χ2n) is 10.1. The van der Waals surface area contributed by atoms with Crippen LogP contribution in [0.1, 0.15) is 63.1 Å². The van der Waals surface area contributed by atoms with Crippen LogP contribution in [0.5, 0.6) is 0 Å². The van der Waals surface area contributed by atoms with Gasteiger partial charge in [-0.1, -0.05) is 18.3 Å². The number of hydrogen-bond acceptors (Lipinski definition) is 7. The SMILES string of the molecule is CC1CCCN(CCCNC(=O)C2CCN(c3nn4c(=O)c5c(nc4s3)CCCC5)CC2)C1. The Morgan fingerprint density at radius 1 is 1.12 bits per heavy atom. The second-order valence-corrected chi connectivity index (χ2v) is 11.0. The Hall–Kier alpha value is -2.00. The first kappa shape index (κ1) is 22.8. The van der Waals surface area contributed by atoms with E-state index in [0.29, 0.717) is 4.96 Å². The highest BCUT2D eigenvalue weighted by Gasteiger charge is 2.27.